The van der Waals surface area contributed by atoms with Gasteiger partial charge in [0, 0.05) is 37.9 Å². The van der Waals surface area contributed by atoms with Gasteiger partial charge in [-0.15, -0.1) is 0 Å². The van der Waals surface area contributed by atoms with E-state index in [-0.39, 0.29) is 11.8 Å². The summed E-state index contributed by atoms with van der Waals surface area (Å²) in [5.74, 6) is 0.950. The summed E-state index contributed by atoms with van der Waals surface area (Å²) in [4.78, 5) is 2.19. The molecule has 0 amide bonds. The molecule has 0 aliphatic heterocycles. The summed E-state index contributed by atoms with van der Waals surface area (Å²) in [6, 6.07) is 5.59. The molecule has 0 radical (unpaired) electrons. The Morgan fingerprint density at radius 1 is 1.33 bits per heavy atom. The van der Waals surface area contributed by atoms with Crippen LogP contribution in [0.4, 0.5) is 0 Å². The highest BCUT2D eigenvalue weighted by molar-refractivity contribution is 5.41. The van der Waals surface area contributed by atoms with E-state index in [4.69, 9.17) is 9.47 Å². The van der Waals surface area contributed by atoms with E-state index in [1.807, 2.05) is 19.2 Å². The third kappa shape index (κ3) is 3.89. The molecule has 0 aliphatic rings. The van der Waals surface area contributed by atoms with Crippen molar-refractivity contribution in [3.05, 3.63) is 23.8 Å². The van der Waals surface area contributed by atoms with Crippen molar-refractivity contribution in [3.8, 4) is 11.5 Å². The van der Waals surface area contributed by atoms with Crippen molar-refractivity contribution in [2.24, 2.45) is 0 Å². The number of hydrogen-bond donors (Lipinski definition) is 1. The molecule has 0 aromatic heterocycles. The first kappa shape index (κ1) is 14.8. The molecular weight excluding hydrogens is 230 g/mol. The van der Waals surface area contributed by atoms with Crippen molar-refractivity contribution in [3.63, 3.8) is 0 Å². The van der Waals surface area contributed by atoms with E-state index in [1.165, 1.54) is 0 Å². The van der Waals surface area contributed by atoms with E-state index >= 15 is 0 Å². The summed E-state index contributed by atoms with van der Waals surface area (Å²) in [7, 11) is 5.34. The van der Waals surface area contributed by atoms with Crippen LogP contribution in [0.15, 0.2) is 18.2 Å². The molecule has 1 rings (SSSR count). The van der Waals surface area contributed by atoms with Gasteiger partial charge >= 0.3 is 0 Å². The Bertz CT molecular complexity index is 368. The second-order valence-electron chi connectivity index (χ2n) is 4.43. The van der Waals surface area contributed by atoms with E-state index in [9.17, 15) is 5.11 Å². The van der Waals surface area contributed by atoms with Gasteiger partial charge in [-0.05, 0) is 26.5 Å². The standard InChI is InChI=1S/C14H23NO3/c1-11(15(2)8-5-9-17-3)13-7-6-12(18-4)10-14(13)16/h6-7,10-11,16H,5,8-9H2,1-4H3. The Morgan fingerprint density at radius 3 is 2.61 bits per heavy atom. The van der Waals surface area contributed by atoms with Crippen LogP contribution in [0, 0.1) is 0 Å². The highest BCUT2D eigenvalue weighted by Crippen LogP contribution is 2.30. The summed E-state index contributed by atoms with van der Waals surface area (Å²) in [5.41, 5.74) is 0.913. The molecule has 4 nitrogen and oxygen atoms in total. The quantitative estimate of drug-likeness (QED) is 0.758. The maximum Gasteiger partial charge on any atom is 0.124 e. The molecule has 4 heteroatoms. The lowest BCUT2D eigenvalue weighted by Gasteiger charge is -2.25. The zero-order chi connectivity index (χ0) is 13.5. The second-order valence-corrected chi connectivity index (χ2v) is 4.43. The van der Waals surface area contributed by atoms with Crippen LogP contribution in [0.1, 0.15) is 24.9 Å². The first-order valence-corrected chi connectivity index (χ1v) is 6.16. The fraction of sp³-hybridized carbons (Fsp3) is 0.571. The Morgan fingerprint density at radius 2 is 2.06 bits per heavy atom. The number of benzene rings is 1. The number of hydrogen-bond acceptors (Lipinski definition) is 4. The molecule has 18 heavy (non-hydrogen) atoms. The van der Waals surface area contributed by atoms with Crippen LogP contribution < -0.4 is 4.74 Å². The smallest absolute Gasteiger partial charge is 0.124 e. The number of ether oxygens (including phenoxy) is 2. The van der Waals surface area contributed by atoms with Crippen molar-refractivity contribution in [2.75, 3.05) is 34.4 Å². The molecule has 0 saturated carbocycles. The lowest BCUT2D eigenvalue weighted by atomic mass is 10.1. The summed E-state index contributed by atoms with van der Waals surface area (Å²) in [6.07, 6.45) is 0.980. The zero-order valence-electron chi connectivity index (χ0n) is 11.6. The van der Waals surface area contributed by atoms with Crippen molar-refractivity contribution in [2.45, 2.75) is 19.4 Å². The molecular formula is C14H23NO3. The predicted octanol–water partition coefficient (Wildman–Crippen LogP) is 2.43. The molecule has 102 valence electrons. The van der Waals surface area contributed by atoms with Crippen LogP contribution in [0.25, 0.3) is 0 Å². The Hall–Kier alpha value is -1.26. The number of aromatic hydroxyl groups is 1. The van der Waals surface area contributed by atoms with Gasteiger partial charge in [-0.2, -0.15) is 0 Å². The number of phenolic OH excluding ortho intramolecular Hbond substituents is 1. The minimum absolute atomic E-state index is 0.160. The molecule has 0 heterocycles. The number of nitrogens with zero attached hydrogens (tertiary/aromatic N) is 1. The zero-order valence-corrected chi connectivity index (χ0v) is 11.6. The van der Waals surface area contributed by atoms with E-state index in [0.717, 1.165) is 25.1 Å². The molecule has 1 N–H and O–H groups in total. The lowest BCUT2D eigenvalue weighted by Crippen LogP contribution is -2.24. The normalized spacial score (nSPS) is 12.7. The molecule has 1 aromatic carbocycles. The average molecular weight is 253 g/mol. The van der Waals surface area contributed by atoms with Gasteiger partial charge in [-0.3, -0.25) is 4.90 Å². The second kappa shape index (κ2) is 7.24. The summed E-state index contributed by atoms with van der Waals surface area (Å²) >= 11 is 0. The summed E-state index contributed by atoms with van der Waals surface area (Å²) in [5, 5.41) is 9.98. The number of rotatable bonds is 7. The first-order valence-electron chi connectivity index (χ1n) is 6.16. The third-order valence-corrected chi connectivity index (χ3v) is 3.21. The third-order valence-electron chi connectivity index (χ3n) is 3.21. The van der Waals surface area contributed by atoms with Gasteiger partial charge in [0.25, 0.3) is 0 Å². The van der Waals surface area contributed by atoms with Crippen molar-refractivity contribution >= 4 is 0 Å². The van der Waals surface area contributed by atoms with Crippen LogP contribution >= 0.6 is 0 Å². The molecule has 1 aromatic rings. The predicted molar refractivity (Wildman–Crippen MR) is 72.2 cm³/mol. The Balaban J connectivity index is 2.67. The van der Waals surface area contributed by atoms with E-state index < -0.39 is 0 Å². The van der Waals surface area contributed by atoms with Crippen molar-refractivity contribution in [1.82, 2.24) is 4.90 Å². The van der Waals surface area contributed by atoms with Crippen molar-refractivity contribution < 1.29 is 14.6 Å². The molecule has 1 atom stereocenters. The van der Waals surface area contributed by atoms with Gasteiger partial charge in [0.15, 0.2) is 0 Å². The van der Waals surface area contributed by atoms with Crippen LogP contribution in [0.2, 0.25) is 0 Å². The fourth-order valence-corrected chi connectivity index (χ4v) is 1.89. The number of methoxy groups -OCH3 is 2. The Labute approximate surface area is 109 Å². The van der Waals surface area contributed by atoms with Gasteiger partial charge in [-0.25, -0.2) is 0 Å². The first-order chi connectivity index (χ1) is 8.60. The fourth-order valence-electron chi connectivity index (χ4n) is 1.89. The van der Waals surface area contributed by atoms with E-state index in [1.54, 1.807) is 20.3 Å². The topological polar surface area (TPSA) is 41.9 Å². The van der Waals surface area contributed by atoms with Gasteiger partial charge in [0.1, 0.15) is 11.5 Å². The lowest BCUT2D eigenvalue weighted by molar-refractivity contribution is 0.168. The Kier molecular flexibility index (Phi) is 5.95. The van der Waals surface area contributed by atoms with E-state index in [2.05, 4.69) is 11.8 Å². The molecule has 0 aliphatic carbocycles. The monoisotopic (exact) mass is 253 g/mol. The van der Waals surface area contributed by atoms with Gasteiger partial charge in [0.05, 0.1) is 7.11 Å². The minimum Gasteiger partial charge on any atom is -0.507 e. The largest absolute Gasteiger partial charge is 0.507 e. The average Bonchev–Trinajstić information content (AvgIpc) is 2.38. The summed E-state index contributed by atoms with van der Waals surface area (Å²) in [6.45, 7) is 3.76. The number of phenols is 1. The van der Waals surface area contributed by atoms with Crippen LogP contribution in [0.5, 0.6) is 11.5 Å². The van der Waals surface area contributed by atoms with Gasteiger partial charge < -0.3 is 14.6 Å². The molecule has 1 unspecified atom stereocenters. The van der Waals surface area contributed by atoms with Crippen LogP contribution in [0.3, 0.4) is 0 Å². The van der Waals surface area contributed by atoms with E-state index in [0.29, 0.717) is 5.75 Å². The maximum atomic E-state index is 9.98. The van der Waals surface area contributed by atoms with Crippen LogP contribution in [-0.4, -0.2) is 44.4 Å². The van der Waals surface area contributed by atoms with Gasteiger partial charge in [0.2, 0.25) is 0 Å². The molecule has 0 fully saturated rings. The SMILES string of the molecule is COCCCN(C)C(C)c1ccc(OC)cc1O. The highest BCUT2D eigenvalue weighted by atomic mass is 16.5. The minimum atomic E-state index is 0.160. The van der Waals surface area contributed by atoms with Crippen LogP contribution in [-0.2, 0) is 4.74 Å². The molecule has 0 saturated heterocycles. The molecule has 0 bridgehead atoms. The maximum absolute atomic E-state index is 9.98. The van der Waals surface area contributed by atoms with Gasteiger partial charge in [-0.1, -0.05) is 6.07 Å². The summed E-state index contributed by atoms with van der Waals surface area (Å²) < 4.78 is 10.1. The highest BCUT2D eigenvalue weighted by Gasteiger charge is 2.15. The molecule has 0 spiro atoms. The van der Waals surface area contributed by atoms with Crippen molar-refractivity contribution in [1.29, 1.82) is 0 Å².